The number of ether oxygens (including phenoxy) is 2. The van der Waals surface area contributed by atoms with Crippen LogP contribution in [-0.4, -0.2) is 30.3 Å². The molecule has 1 saturated carbocycles. The molecular formula is C24H23BrFNO4. The lowest BCUT2D eigenvalue weighted by atomic mass is 9.96. The fourth-order valence-electron chi connectivity index (χ4n) is 3.58. The van der Waals surface area contributed by atoms with E-state index in [9.17, 15) is 14.0 Å². The minimum absolute atomic E-state index is 0.0709. The first-order chi connectivity index (χ1) is 14.9. The predicted molar refractivity (Wildman–Crippen MR) is 117 cm³/mol. The van der Waals surface area contributed by atoms with E-state index in [2.05, 4.69) is 15.9 Å². The number of halogens is 2. The molecule has 5 nitrogen and oxygen atoms in total. The first kappa shape index (κ1) is 21.6. The van der Waals surface area contributed by atoms with E-state index in [1.807, 2.05) is 6.07 Å². The van der Waals surface area contributed by atoms with Crippen molar-refractivity contribution in [2.24, 2.45) is 5.92 Å². The third kappa shape index (κ3) is 5.15. The van der Waals surface area contributed by atoms with Crippen molar-refractivity contribution < 1.29 is 23.5 Å². The zero-order chi connectivity index (χ0) is 22.0. The molecule has 4 rings (SSSR count). The van der Waals surface area contributed by atoms with E-state index in [4.69, 9.17) is 9.47 Å². The Hall–Kier alpha value is -2.67. The molecule has 2 aromatic carbocycles. The Morgan fingerprint density at radius 3 is 2.61 bits per heavy atom. The average molecular weight is 488 g/mol. The second-order valence-electron chi connectivity index (χ2n) is 7.88. The molecule has 0 N–H and O–H groups in total. The standard InChI is InChI=1S/C24H23BrFNO4/c1-30-22-10-17(20(25)13-23(22)31-14-15-2-3-15)11-24(29)27-9-8-19(28)12-21(27)16-4-6-18(26)7-5-16/h4-10,13,15,21H,2-3,11-12,14H2,1H3. The minimum atomic E-state index is -0.465. The maximum Gasteiger partial charge on any atom is 0.231 e. The number of nitrogens with zero attached hydrogens (tertiary/aromatic N) is 1. The highest BCUT2D eigenvalue weighted by Crippen LogP contribution is 2.37. The Balaban J connectivity index is 1.54. The first-order valence-corrected chi connectivity index (χ1v) is 11.0. The summed E-state index contributed by atoms with van der Waals surface area (Å²) in [4.78, 5) is 26.7. The Morgan fingerprint density at radius 1 is 1.19 bits per heavy atom. The molecule has 0 radical (unpaired) electrons. The summed E-state index contributed by atoms with van der Waals surface area (Å²) in [5.41, 5.74) is 1.47. The Labute approximate surface area is 189 Å². The number of hydrogen-bond donors (Lipinski definition) is 0. The largest absolute Gasteiger partial charge is 0.493 e. The van der Waals surface area contributed by atoms with Gasteiger partial charge in [0, 0.05) is 17.1 Å². The molecule has 1 fully saturated rings. The second kappa shape index (κ2) is 9.22. The molecule has 1 heterocycles. The smallest absolute Gasteiger partial charge is 0.231 e. The van der Waals surface area contributed by atoms with E-state index >= 15 is 0 Å². The van der Waals surface area contributed by atoms with Crippen molar-refractivity contribution >= 4 is 27.6 Å². The lowest BCUT2D eigenvalue weighted by Crippen LogP contribution is -2.35. The van der Waals surface area contributed by atoms with Crippen LogP contribution in [0.15, 0.2) is 53.1 Å². The first-order valence-electron chi connectivity index (χ1n) is 10.2. The van der Waals surface area contributed by atoms with Gasteiger partial charge in [0.2, 0.25) is 5.91 Å². The normalized spacial score (nSPS) is 18.2. The quantitative estimate of drug-likeness (QED) is 0.552. The summed E-state index contributed by atoms with van der Waals surface area (Å²) in [6.07, 6.45) is 5.57. The molecule has 0 bridgehead atoms. The van der Waals surface area contributed by atoms with Crippen molar-refractivity contribution in [3.8, 4) is 11.5 Å². The van der Waals surface area contributed by atoms with Gasteiger partial charge in [0.25, 0.3) is 0 Å². The van der Waals surface area contributed by atoms with Gasteiger partial charge in [-0.25, -0.2) is 4.39 Å². The molecule has 31 heavy (non-hydrogen) atoms. The van der Waals surface area contributed by atoms with Gasteiger partial charge < -0.3 is 14.4 Å². The van der Waals surface area contributed by atoms with Gasteiger partial charge in [-0.1, -0.05) is 28.1 Å². The van der Waals surface area contributed by atoms with Crippen LogP contribution in [0, 0.1) is 11.7 Å². The van der Waals surface area contributed by atoms with Crippen LogP contribution < -0.4 is 9.47 Å². The summed E-state index contributed by atoms with van der Waals surface area (Å²) in [6.45, 7) is 0.660. The van der Waals surface area contributed by atoms with Gasteiger partial charge >= 0.3 is 0 Å². The summed E-state index contributed by atoms with van der Waals surface area (Å²) in [5.74, 6) is 1.23. The maximum atomic E-state index is 13.3. The third-order valence-corrected chi connectivity index (χ3v) is 6.28. The lowest BCUT2D eigenvalue weighted by molar-refractivity contribution is -0.131. The number of ketones is 1. The molecular weight excluding hydrogens is 465 g/mol. The lowest BCUT2D eigenvalue weighted by Gasteiger charge is -2.31. The van der Waals surface area contributed by atoms with Gasteiger partial charge in [0.05, 0.1) is 26.2 Å². The van der Waals surface area contributed by atoms with Crippen molar-refractivity contribution in [1.82, 2.24) is 4.90 Å². The molecule has 0 saturated heterocycles. The number of benzene rings is 2. The monoisotopic (exact) mass is 487 g/mol. The fourth-order valence-corrected chi connectivity index (χ4v) is 4.04. The van der Waals surface area contributed by atoms with E-state index in [-0.39, 0.29) is 30.3 Å². The molecule has 1 amide bonds. The topological polar surface area (TPSA) is 55.8 Å². The van der Waals surface area contributed by atoms with Gasteiger partial charge in [-0.15, -0.1) is 0 Å². The molecule has 1 atom stereocenters. The summed E-state index contributed by atoms with van der Waals surface area (Å²) >= 11 is 3.54. The summed E-state index contributed by atoms with van der Waals surface area (Å²) in [6, 6.07) is 9.06. The highest BCUT2D eigenvalue weighted by Gasteiger charge is 2.29. The van der Waals surface area contributed by atoms with Crippen LogP contribution >= 0.6 is 15.9 Å². The van der Waals surface area contributed by atoms with Gasteiger partial charge in [0.1, 0.15) is 5.82 Å². The van der Waals surface area contributed by atoms with Gasteiger partial charge in [-0.3, -0.25) is 9.59 Å². The van der Waals surface area contributed by atoms with Crippen molar-refractivity contribution in [2.45, 2.75) is 31.7 Å². The Bertz CT molecular complexity index is 1020. The molecule has 0 spiro atoms. The molecule has 2 aromatic rings. The molecule has 1 aliphatic heterocycles. The summed E-state index contributed by atoms with van der Waals surface area (Å²) in [5, 5.41) is 0. The van der Waals surface area contributed by atoms with Gasteiger partial charge in [-0.05, 0) is 60.2 Å². The summed E-state index contributed by atoms with van der Waals surface area (Å²) < 4.78 is 25.4. The Morgan fingerprint density at radius 2 is 1.94 bits per heavy atom. The number of methoxy groups -OCH3 is 1. The van der Waals surface area contributed by atoms with Crippen molar-refractivity contribution in [2.75, 3.05) is 13.7 Å². The molecule has 0 aromatic heterocycles. The predicted octanol–water partition coefficient (Wildman–Crippen LogP) is 4.98. The molecule has 2 aliphatic rings. The number of carbonyl (C=O) groups excluding carboxylic acids is 2. The van der Waals surface area contributed by atoms with Crippen LogP contribution in [0.1, 0.15) is 36.4 Å². The van der Waals surface area contributed by atoms with E-state index in [0.29, 0.717) is 29.6 Å². The van der Waals surface area contributed by atoms with Gasteiger partial charge in [-0.2, -0.15) is 0 Å². The minimum Gasteiger partial charge on any atom is -0.493 e. The van der Waals surface area contributed by atoms with Crippen LogP contribution in [0.25, 0.3) is 0 Å². The molecule has 7 heteroatoms. The van der Waals surface area contributed by atoms with Gasteiger partial charge in [0.15, 0.2) is 17.3 Å². The zero-order valence-corrected chi connectivity index (χ0v) is 18.7. The molecule has 1 aliphatic carbocycles. The highest BCUT2D eigenvalue weighted by atomic mass is 79.9. The van der Waals surface area contributed by atoms with E-state index in [1.165, 1.54) is 37.3 Å². The Kier molecular flexibility index (Phi) is 6.41. The van der Waals surface area contributed by atoms with E-state index in [0.717, 1.165) is 10.0 Å². The molecule has 162 valence electrons. The van der Waals surface area contributed by atoms with Crippen LogP contribution in [0.5, 0.6) is 11.5 Å². The number of hydrogen-bond acceptors (Lipinski definition) is 4. The van der Waals surface area contributed by atoms with E-state index < -0.39 is 6.04 Å². The average Bonchev–Trinajstić information content (AvgIpc) is 3.58. The number of amides is 1. The number of carbonyl (C=O) groups is 2. The van der Waals surface area contributed by atoms with E-state index in [1.54, 1.807) is 30.2 Å². The van der Waals surface area contributed by atoms with Crippen LogP contribution in [-0.2, 0) is 16.0 Å². The second-order valence-corrected chi connectivity index (χ2v) is 8.73. The number of rotatable bonds is 7. The third-order valence-electron chi connectivity index (χ3n) is 5.54. The highest BCUT2D eigenvalue weighted by molar-refractivity contribution is 9.10. The van der Waals surface area contributed by atoms with Crippen LogP contribution in [0.2, 0.25) is 0 Å². The van der Waals surface area contributed by atoms with Crippen LogP contribution in [0.3, 0.4) is 0 Å². The fraction of sp³-hybridized carbons (Fsp3) is 0.333. The number of allylic oxidation sites excluding steroid dienone is 1. The zero-order valence-electron chi connectivity index (χ0n) is 17.1. The van der Waals surface area contributed by atoms with Crippen molar-refractivity contribution in [3.63, 3.8) is 0 Å². The summed E-state index contributed by atoms with van der Waals surface area (Å²) in [7, 11) is 1.57. The van der Waals surface area contributed by atoms with Crippen molar-refractivity contribution in [3.05, 3.63) is 70.1 Å². The molecule has 1 unspecified atom stereocenters. The van der Waals surface area contributed by atoms with Crippen molar-refractivity contribution in [1.29, 1.82) is 0 Å². The maximum absolute atomic E-state index is 13.3. The SMILES string of the molecule is COc1cc(CC(=O)N2C=CC(=O)CC2c2ccc(F)cc2)c(Br)cc1OCC1CC1. The van der Waals surface area contributed by atoms with Crippen LogP contribution in [0.4, 0.5) is 4.39 Å².